The molecule has 0 saturated heterocycles. The lowest BCUT2D eigenvalue weighted by molar-refractivity contribution is -0.201. The van der Waals surface area contributed by atoms with Crippen molar-refractivity contribution < 1.29 is 23.0 Å². The molecule has 0 amide bonds. The van der Waals surface area contributed by atoms with Gasteiger partial charge in [0.05, 0.1) is 0 Å². The van der Waals surface area contributed by atoms with Crippen molar-refractivity contribution in [3.63, 3.8) is 0 Å². The van der Waals surface area contributed by atoms with Gasteiger partial charge in [-0.05, 0) is 23.8 Å². The van der Waals surface area contributed by atoms with Gasteiger partial charge in [-0.2, -0.15) is 13.2 Å². The standard InChI is InChI=1S/C12H13ClF3NO2/c13-8-1-2-10-7(3-8)4-9(19-10)5-17-6-11(18)12(14,15)16/h1-3,9,11,17-18H,4-6H2. The zero-order valence-electron chi connectivity index (χ0n) is 9.88. The van der Waals surface area contributed by atoms with Crippen molar-refractivity contribution in [1.29, 1.82) is 0 Å². The highest BCUT2D eigenvalue weighted by atomic mass is 35.5. The molecule has 1 aliphatic rings. The molecule has 1 aliphatic heterocycles. The number of benzene rings is 1. The molecule has 0 aliphatic carbocycles. The summed E-state index contributed by atoms with van der Waals surface area (Å²) in [6.07, 6.45) is -6.61. The molecular weight excluding hydrogens is 283 g/mol. The maximum absolute atomic E-state index is 12.1. The average Bonchev–Trinajstić information content (AvgIpc) is 2.69. The highest BCUT2D eigenvalue weighted by Crippen LogP contribution is 2.30. The largest absolute Gasteiger partial charge is 0.488 e. The first-order valence-corrected chi connectivity index (χ1v) is 6.14. The molecule has 106 valence electrons. The van der Waals surface area contributed by atoms with Gasteiger partial charge in [-0.3, -0.25) is 0 Å². The minimum absolute atomic E-state index is 0.236. The Bertz CT molecular complexity index is 453. The van der Waals surface area contributed by atoms with Crippen LogP contribution in [0.2, 0.25) is 5.02 Å². The van der Waals surface area contributed by atoms with Crippen molar-refractivity contribution in [3.05, 3.63) is 28.8 Å². The summed E-state index contributed by atoms with van der Waals surface area (Å²) in [6, 6.07) is 5.22. The molecule has 0 fully saturated rings. The van der Waals surface area contributed by atoms with Gasteiger partial charge < -0.3 is 15.2 Å². The molecule has 0 aromatic heterocycles. The van der Waals surface area contributed by atoms with Crippen LogP contribution in [-0.4, -0.2) is 36.6 Å². The molecule has 0 bridgehead atoms. The molecule has 0 saturated carbocycles. The lowest BCUT2D eigenvalue weighted by atomic mass is 10.1. The van der Waals surface area contributed by atoms with Crippen LogP contribution >= 0.6 is 11.6 Å². The lowest BCUT2D eigenvalue weighted by Gasteiger charge is -2.17. The molecule has 19 heavy (non-hydrogen) atoms. The second-order valence-corrected chi connectivity index (χ2v) is 4.85. The quantitative estimate of drug-likeness (QED) is 0.894. The van der Waals surface area contributed by atoms with Crippen LogP contribution in [0.15, 0.2) is 18.2 Å². The van der Waals surface area contributed by atoms with Gasteiger partial charge in [0.15, 0.2) is 6.10 Å². The minimum Gasteiger partial charge on any atom is -0.488 e. The number of ether oxygens (including phenoxy) is 1. The first-order chi connectivity index (χ1) is 8.86. The van der Waals surface area contributed by atoms with Crippen molar-refractivity contribution in [3.8, 4) is 5.75 Å². The Hall–Kier alpha value is -0.980. The second kappa shape index (κ2) is 5.56. The Kier molecular flexibility index (Phi) is 4.23. The molecule has 2 N–H and O–H groups in total. The van der Waals surface area contributed by atoms with Crippen LogP contribution in [0.5, 0.6) is 5.75 Å². The summed E-state index contributed by atoms with van der Waals surface area (Å²) in [4.78, 5) is 0. The Balaban J connectivity index is 1.78. The zero-order valence-corrected chi connectivity index (χ0v) is 10.6. The highest BCUT2D eigenvalue weighted by Gasteiger charge is 2.37. The number of fused-ring (bicyclic) bond motifs is 1. The first kappa shape index (κ1) is 14.4. The van der Waals surface area contributed by atoms with E-state index in [1.54, 1.807) is 18.2 Å². The van der Waals surface area contributed by atoms with Gasteiger partial charge in [-0.1, -0.05) is 11.6 Å². The van der Waals surface area contributed by atoms with Crippen molar-refractivity contribution in [2.24, 2.45) is 0 Å². The van der Waals surface area contributed by atoms with Crippen LogP contribution in [0, 0.1) is 0 Å². The lowest BCUT2D eigenvalue weighted by Crippen LogP contribution is -2.41. The summed E-state index contributed by atoms with van der Waals surface area (Å²) < 4.78 is 41.8. The number of hydrogen-bond acceptors (Lipinski definition) is 3. The molecule has 0 radical (unpaired) electrons. The molecule has 2 atom stereocenters. The van der Waals surface area contributed by atoms with E-state index in [4.69, 9.17) is 21.4 Å². The van der Waals surface area contributed by atoms with E-state index >= 15 is 0 Å². The highest BCUT2D eigenvalue weighted by molar-refractivity contribution is 6.30. The number of hydrogen-bond donors (Lipinski definition) is 2. The van der Waals surface area contributed by atoms with Crippen LogP contribution in [0.3, 0.4) is 0 Å². The summed E-state index contributed by atoms with van der Waals surface area (Å²) >= 11 is 5.84. The third kappa shape index (κ3) is 3.75. The fourth-order valence-corrected chi connectivity index (χ4v) is 2.09. The molecule has 1 aromatic rings. The van der Waals surface area contributed by atoms with Gasteiger partial charge in [-0.15, -0.1) is 0 Å². The van der Waals surface area contributed by atoms with E-state index < -0.39 is 18.8 Å². The van der Waals surface area contributed by atoms with Crippen LogP contribution in [0.4, 0.5) is 13.2 Å². The second-order valence-electron chi connectivity index (χ2n) is 4.41. The summed E-state index contributed by atoms with van der Waals surface area (Å²) in [5, 5.41) is 12.0. The summed E-state index contributed by atoms with van der Waals surface area (Å²) in [7, 11) is 0. The molecular formula is C12H13ClF3NO2. The Labute approximate surface area is 113 Å². The van der Waals surface area contributed by atoms with Crippen LogP contribution in [0.1, 0.15) is 5.56 Å². The number of alkyl halides is 3. The SMILES string of the molecule is OC(CNCC1Cc2cc(Cl)ccc2O1)C(F)(F)F. The number of aliphatic hydroxyl groups is 1. The number of nitrogens with one attached hydrogen (secondary N) is 1. The van der Waals surface area contributed by atoms with Gasteiger partial charge in [0, 0.05) is 24.5 Å². The Morgan fingerprint density at radius 2 is 2.21 bits per heavy atom. The van der Waals surface area contributed by atoms with Crippen molar-refractivity contribution in [1.82, 2.24) is 5.32 Å². The van der Waals surface area contributed by atoms with Gasteiger partial charge in [0.2, 0.25) is 0 Å². The number of rotatable bonds is 4. The summed E-state index contributed by atoms with van der Waals surface area (Å²) in [5.74, 6) is 0.701. The normalized spacial score (nSPS) is 19.9. The number of aliphatic hydroxyl groups excluding tert-OH is 1. The van der Waals surface area contributed by atoms with E-state index in [0.29, 0.717) is 17.2 Å². The minimum atomic E-state index is -4.60. The van der Waals surface area contributed by atoms with Crippen LogP contribution < -0.4 is 10.1 Å². The molecule has 1 heterocycles. The third-order valence-corrected chi connectivity index (χ3v) is 3.09. The van der Waals surface area contributed by atoms with E-state index in [1.807, 2.05) is 0 Å². The van der Waals surface area contributed by atoms with Gasteiger partial charge in [0.1, 0.15) is 11.9 Å². The first-order valence-electron chi connectivity index (χ1n) is 5.77. The van der Waals surface area contributed by atoms with Crippen LogP contribution in [-0.2, 0) is 6.42 Å². The van der Waals surface area contributed by atoms with E-state index in [0.717, 1.165) is 5.56 Å². The molecule has 1 aromatic carbocycles. The maximum atomic E-state index is 12.1. The average molecular weight is 296 g/mol. The third-order valence-electron chi connectivity index (χ3n) is 2.85. The smallest absolute Gasteiger partial charge is 0.415 e. The summed E-state index contributed by atoms with van der Waals surface area (Å²) in [5.41, 5.74) is 0.940. The predicted octanol–water partition coefficient (Wildman–Crippen LogP) is 2.16. The molecule has 2 rings (SSSR count). The zero-order chi connectivity index (χ0) is 14.0. The van der Waals surface area contributed by atoms with E-state index in [-0.39, 0.29) is 12.6 Å². The van der Waals surface area contributed by atoms with E-state index in [9.17, 15) is 13.2 Å². The van der Waals surface area contributed by atoms with Crippen molar-refractivity contribution in [2.45, 2.75) is 24.8 Å². The Morgan fingerprint density at radius 1 is 1.47 bits per heavy atom. The molecule has 0 spiro atoms. The van der Waals surface area contributed by atoms with Crippen LogP contribution in [0.25, 0.3) is 0 Å². The van der Waals surface area contributed by atoms with Crippen molar-refractivity contribution >= 4 is 11.6 Å². The van der Waals surface area contributed by atoms with E-state index in [1.165, 1.54) is 0 Å². The van der Waals surface area contributed by atoms with E-state index in [2.05, 4.69) is 5.32 Å². The Morgan fingerprint density at radius 3 is 2.89 bits per heavy atom. The molecule has 3 nitrogen and oxygen atoms in total. The fraction of sp³-hybridized carbons (Fsp3) is 0.500. The molecule has 2 unspecified atom stereocenters. The topological polar surface area (TPSA) is 41.5 Å². The molecule has 7 heteroatoms. The van der Waals surface area contributed by atoms with Crippen molar-refractivity contribution in [2.75, 3.05) is 13.1 Å². The summed E-state index contributed by atoms with van der Waals surface area (Å²) in [6.45, 7) is -0.306. The maximum Gasteiger partial charge on any atom is 0.415 e. The monoisotopic (exact) mass is 295 g/mol. The van der Waals surface area contributed by atoms with Gasteiger partial charge in [0.25, 0.3) is 0 Å². The number of halogens is 4. The van der Waals surface area contributed by atoms with Gasteiger partial charge >= 0.3 is 6.18 Å². The fourth-order valence-electron chi connectivity index (χ4n) is 1.90. The predicted molar refractivity (Wildman–Crippen MR) is 64.5 cm³/mol. The van der Waals surface area contributed by atoms with Gasteiger partial charge in [-0.25, -0.2) is 0 Å².